The van der Waals surface area contributed by atoms with Gasteiger partial charge in [0, 0.05) is 16.4 Å². The van der Waals surface area contributed by atoms with Crippen molar-refractivity contribution >= 4 is 23.1 Å². The summed E-state index contributed by atoms with van der Waals surface area (Å²) in [6.45, 7) is 4.48. The van der Waals surface area contributed by atoms with Gasteiger partial charge in [0.05, 0.1) is 12.3 Å². The van der Waals surface area contributed by atoms with E-state index in [-0.39, 0.29) is 6.61 Å². The minimum Gasteiger partial charge on any atom is -0.390 e. The van der Waals surface area contributed by atoms with Crippen LogP contribution in [-0.4, -0.2) is 15.3 Å². The third-order valence-corrected chi connectivity index (χ3v) is 4.25. The second-order valence-electron chi connectivity index (χ2n) is 2.92. The van der Waals surface area contributed by atoms with Crippen LogP contribution in [0.3, 0.4) is 0 Å². The maximum Gasteiger partial charge on any atom is 0.103 e. The third-order valence-electron chi connectivity index (χ3n) is 1.83. The molecule has 13 heavy (non-hydrogen) atoms. The summed E-state index contributed by atoms with van der Waals surface area (Å²) < 4.78 is 0. The van der Waals surface area contributed by atoms with Crippen LogP contribution in [0.2, 0.25) is 0 Å². The van der Waals surface area contributed by atoms with E-state index in [0.29, 0.717) is 5.25 Å². The smallest absolute Gasteiger partial charge is 0.103 e. The molecule has 1 aromatic heterocycles. The summed E-state index contributed by atoms with van der Waals surface area (Å²) in [7, 11) is 0. The van der Waals surface area contributed by atoms with Crippen molar-refractivity contribution in [3.8, 4) is 0 Å². The predicted molar refractivity (Wildman–Crippen MR) is 59.1 cm³/mol. The van der Waals surface area contributed by atoms with Gasteiger partial charge < -0.3 is 5.11 Å². The largest absolute Gasteiger partial charge is 0.390 e. The number of aromatic nitrogens is 1. The second-order valence-corrected chi connectivity index (χ2v) is 5.29. The van der Waals surface area contributed by atoms with E-state index in [9.17, 15) is 0 Å². The maximum atomic E-state index is 8.81. The number of hydrogen-bond donors (Lipinski definition) is 1. The predicted octanol–water partition coefficient (Wildman–Crippen LogP) is 2.67. The number of aliphatic hydroxyl groups is 1. The SMILES string of the molecule is CCC(C)SCc1nc(CO)cs1. The molecule has 74 valence electrons. The molecule has 0 aromatic carbocycles. The molecule has 0 amide bonds. The summed E-state index contributed by atoms with van der Waals surface area (Å²) >= 11 is 3.55. The molecule has 0 saturated carbocycles. The Morgan fingerprint density at radius 1 is 1.69 bits per heavy atom. The third kappa shape index (κ3) is 3.67. The summed E-state index contributed by atoms with van der Waals surface area (Å²) in [6, 6.07) is 0. The van der Waals surface area contributed by atoms with Crippen molar-refractivity contribution in [1.82, 2.24) is 4.98 Å². The number of thiazole rings is 1. The van der Waals surface area contributed by atoms with Gasteiger partial charge in [0.15, 0.2) is 0 Å². The molecule has 1 N–H and O–H groups in total. The molecule has 0 aliphatic heterocycles. The standard InChI is InChI=1S/C9H15NOS2/c1-3-7(2)12-6-9-10-8(4-11)5-13-9/h5,7,11H,3-4,6H2,1-2H3. The van der Waals surface area contributed by atoms with E-state index in [0.717, 1.165) is 16.5 Å². The van der Waals surface area contributed by atoms with Crippen LogP contribution < -0.4 is 0 Å². The van der Waals surface area contributed by atoms with Crippen LogP contribution in [0.25, 0.3) is 0 Å². The first kappa shape index (κ1) is 11.0. The zero-order chi connectivity index (χ0) is 9.68. The lowest BCUT2D eigenvalue weighted by Gasteiger charge is -2.04. The fourth-order valence-corrected chi connectivity index (χ4v) is 2.59. The number of rotatable bonds is 5. The lowest BCUT2D eigenvalue weighted by Crippen LogP contribution is -1.93. The van der Waals surface area contributed by atoms with Crippen LogP contribution in [0.15, 0.2) is 5.38 Å². The minimum atomic E-state index is 0.0600. The number of nitrogens with zero attached hydrogens (tertiary/aromatic N) is 1. The first-order valence-electron chi connectivity index (χ1n) is 4.42. The summed E-state index contributed by atoms with van der Waals surface area (Å²) in [5, 5.41) is 12.6. The van der Waals surface area contributed by atoms with E-state index in [2.05, 4.69) is 18.8 Å². The lowest BCUT2D eigenvalue weighted by molar-refractivity contribution is 0.277. The fourth-order valence-electron chi connectivity index (χ4n) is 0.819. The normalized spacial score (nSPS) is 13.2. The average molecular weight is 217 g/mol. The Morgan fingerprint density at radius 2 is 2.46 bits per heavy atom. The fraction of sp³-hybridized carbons (Fsp3) is 0.667. The van der Waals surface area contributed by atoms with Gasteiger partial charge in [0.2, 0.25) is 0 Å². The van der Waals surface area contributed by atoms with E-state index in [1.54, 1.807) is 11.3 Å². The quantitative estimate of drug-likeness (QED) is 0.823. The van der Waals surface area contributed by atoms with E-state index in [4.69, 9.17) is 5.11 Å². The first-order chi connectivity index (χ1) is 6.26. The number of hydrogen-bond acceptors (Lipinski definition) is 4. The minimum absolute atomic E-state index is 0.0600. The number of aliphatic hydroxyl groups excluding tert-OH is 1. The Hall–Kier alpha value is -0.0600. The van der Waals surface area contributed by atoms with E-state index < -0.39 is 0 Å². The van der Waals surface area contributed by atoms with Gasteiger partial charge in [-0.2, -0.15) is 11.8 Å². The van der Waals surface area contributed by atoms with E-state index in [1.165, 1.54) is 6.42 Å². The first-order valence-corrected chi connectivity index (χ1v) is 6.34. The van der Waals surface area contributed by atoms with E-state index >= 15 is 0 Å². The van der Waals surface area contributed by atoms with Gasteiger partial charge in [-0.1, -0.05) is 13.8 Å². The van der Waals surface area contributed by atoms with Crippen molar-refractivity contribution < 1.29 is 5.11 Å². The Bertz CT molecular complexity index is 250. The topological polar surface area (TPSA) is 33.1 Å². The van der Waals surface area contributed by atoms with Gasteiger partial charge in [0.25, 0.3) is 0 Å². The molecule has 0 bridgehead atoms. The van der Waals surface area contributed by atoms with Crippen LogP contribution in [0.5, 0.6) is 0 Å². The molecular formula is C9H15NOS2. The highest BCUT2D eigenvalue weighted by Crippen LogP contribution is 2.21. The maximum absolute atomic E-state index is 8.81. The van der Waals surface area contributed by atoms with Crippen molar-refractivity contribution in [3.05, 3.63) is 16.1 Å². The molecule has 1 heterocycles. The molecule has 1 aromatic rings. The molecule has 1 atom stereocenters. The highest BCUT2D eigenvalue weighted by molar-refractivity contribution is 7.99. The van der Waals surface area contributed by atoms with Crippen LogP contribution in [0.4, 0.5) is 0 Å². The molecule has 0 fully saturated rings. The van der Waals surface area contributed by atoms with Gasteiger partial charge in [-0.3, -0.25) is 0 Å². The monoisotopic (exact) mass is 217 g/mol. The summed E-state index contributed by atoms with van der Waals surface area (Å²) in [6.07, 6.45) is 1.20. The van der Waals surface area contributed by atoms with Crippen molar-refractivity contribution in [2.75, 3.05) is 0 Å². The number of thioether (sulfide) groups is 1. The van der Waals surface area contributed by atoms with Crippen molar-refractivity contribution in [2.24, 2.45) is 0 Å². The van der Waals surface area contributed by atoms with E-state index in [1.807, 2.05) is 17.1 Å². The van der Waals surface area contributed by atoms with Gasteiger partial charge >= 0.3 is 0 Å². The molecule has 0 radical (unpaired) electrons. The zero-order valence-electron chi connectivity index (χ0n) is 7.99. The average Bonchev–Trinajstić information content (AvgIpc) is 2.61. The van der Waals surface area contributed by atoms with Gasteiger partial charge in [-0.25, -0.2) is 4.98 Å². The molecule has 0 aliphatic carbocycles. The highest BCUT2D eigenvalue weighted by Gasteiger charge is 2.03. The Labute approximate surface area is 87.4 Å². The van der Waals surface area contributed by atoms with Crippen LogP contribution in [0.1, 0.15) is 31.0 Å². The molecule has 0 saturated heterocycles. The van der Waals surface area contributed by atoms with Crippen molar-refractivity contribution in [3.63, 3.8) is 0 Å². The molecule has 0 aliphatic rings. The Balaban J connectivity index is 2.36. The van der Waals surface area contributed by atoms with Crippen molar-refractivity contribution in [1.29, 1.82) is 0 Å². The molecule has 4 heteroatoms. The second kappa shape index (κ2) is 5.62. The highest BCUT2D eigenvalue weighted by atomic mass is 32.2. The van der Waals surface area contributed by atoms with Gasteiger partial charge in [-0.05, 0) is 6.42 Å². The summed E-state index contributed by atoms with van der Waals surface area (Å²) in [5.74, 6) is 0.972. The Kier molecular flexibility index (Phi) is 4.77. The van der Waals surface area contributed by atoms with Crippen LogP contribution in [-0.2, 0) is 12.4 Å². The van der Waals surface area contributed by atoms with Crippen LogP contribution >= 0.6 is 23.1 Å². The summed E-state index contributed by atoms with van der Waals surface area (Å²) in [5.41, 5.74) is 0.796. The molecule has 1 unspecified atom stereocenters. The van der Waals surface area contributed by atoms with Crippen molar-refractivity contribution in [2.45, 2.75) is 37.9 Å². The lowest BCUT2D eigenvalue weighted by atomic mass is 10.4. The Morgan fingerprint density at radius 3 is 3.00 bits per heavy atom. The van der Waals surface area contributed by atoms with Crippen LogP contribution in [0, 0.1) is 0 Å². The molecule has 1 rings (SSSR count). The summed E-state index contributed by atoms with van der Waals surface area (Å²) in [4.78, 5) is 4.28. The van der Waals surface area contributed by atoms with Gasteiger partial charge in [-0.15, -0.1) is 11.3 Å². The molecule has 0 spiro atoms. The molecule has 2 nitrogen and oxygen atoms in total. The van der Waals surface area contributed by atoms with Gasteiger partial charge in [0.1, 0.15) is 5.01 Å². The zero-order valence-corrected chi connectivity index (χ0v) is 9.62. The molecular weight excluding hydrogens is 202 g/mol.